The minimum atomic E-state index is 0.139. The van der Waals surface area contributed by atoms with E-state index in [-0.39, 0.29) is 6.10 Å². The molecule has 0 spiro atoms. The van der Waals surface area contributed by atoms with Crippen LogP contribution in [0.2, 0.25) is 0 Å². The number of benzene rings is 2. The molecule has 0 aliphatic carbocycles. The lowest BCUT2D eigenvalue weighted by Crippen LogP contribution is -2.15. The van der Waals surface area contributed by atoms with Crippen LogP contribution in [0, 0.1) is 10.8 Å². The monoisotopic (exact) mass is 324 g/mol. The Hall–Kier alpha value is -2.66. The lowest BCUT2D eigenvalue weighted by atomic mass is 10.1. The van der Waals surface area contributed by atoms with Gasteiger partial charge in [0.15, 0.2) is 0 Å². The molecule has 3 rings (SSSR count). The van der Waals surface area contributed by atoms with Crippen molar-refractivity contribution in [2.75, 3.05) is 13.2 Å². The largest absolute Gasteiger partial charge is 0.488 e. The summed E-state index contributed by atoms with van der Waals surface area (Å²) in [6.45, 7) is 1.41. The van der Waals surface area contributed by atoms with Crippen molar-refractivity contribution in [3.63, 3.8) is 0 Å². The molecule has 24 heavy (non-hydrogen) atoms. The molecule has 1 unspecified atom stereocenters. The number of hydrogen-bond acceptors (Lipinski definition) is 5. The first-order valence-corrected chi connectivity index (χ1v) is 7.94. The Morgan fingerprint density at radius 2 is 1.67 bits per heavy atom. The quantitative estimate of drug-likeness (QED) is 0.754. The summed E-state index contributed by atoms with van der Waals surface area (Å²) in [6.07, 6.45) is 2.64. The summed E-state index contributed by atoms with van der Waals surface area (Å²) in [5.41, 5.74) is 1.22. The van der Waals surface area contributed by atoms with E-state index in [0.717, 1.165) is 30.1 Å². The maximum absolute atomic E-state index is 7.82. The highest BCUT2D eigenvalue weighted by molar-refractivity contribution is 6.04. The maximum Gasteiger partial charge on any atom is 0.127 e. The zero-order valence-corrected chi connectivity index (χ0v) is 13.3. The molecule has 2 aromatic rings. The zero-order chi connectivity index (χ0) is 16.8. The standard InChI is InChI=1S/C19H20N2O3/c20-11-9-19(21)14-1-3-15(4-2-14)23-16-5-7-17(8-6-16)24-18-10-12-22-13-18/h1-8,11,18,20-21H,9-10,12-13H2. The van der Waals surface area contributed by atoms with Crippen LogP contribution in [0.1, 0.15) is 18.4 Å². The molecule has 1 aliphatic rings. The third kappa shape index (κ3) is 4.20. The Morgan fingerprint density at radius 3 is 2.25 bits per heavy atom. The molecule has 5 heteroatoms. The van der Waals surface area contributed by atoms with Crippen molar-refractivity contribution in [3.05, 3.63) is 54.1 Å². The van der Waals surface area contributed by atoms with Crippen molar-refractivity contribution < 1.29 is 14.2 Å². The Morgan fingerprint density at radius 1 is 1.04 bits per heavy atom. The molecule has 2 N–H and O–H groups in total. The smallest absolute Gasteiger partial charge is 0.127 e. The van der Waals surface area contributed by atoms with Crippen LogP contribution in [0.3, 0.4) is 0 Å². The normalized spacial score (nSPS) is 16.6. The van der Waals surface area contributed by atoms with Gasteiger partial charge in [0, 0.05) is 24.8 Å². The molecular formula is C19H20N2O3. The lowest BCUT2D eigenvalue weighted by Gasteiger charge is -2.12. The van der Waals surface area contributed by atoms with E-state index in [2.05, 4.69) is 0 Å². The molecule has 0 radical (unpaired) electrons. The summed E-state index contributed by atoms with van der Waals surface area (Å²) in [5, 5.41) is 14.9. The molecule has 0 aromatic heterocycles. The van der Waals surface area contributed by atoms with Gasteiger partial charge in [-0.2, -0.15) is 0 Å². The van der Waals surface area contributed by atoms with Gasteiger partial charge < -0.3 is 25.0 Å². The molecule has 1 aliphatic heterocycles. The summed E-state index contributed by atoms with van der Waals surface area (Å²) in [5.74, 6) is 2.25. The highest BCUT2D eigenvalue weighted by Gasteiger charge is 2.16. The van der Waals surface area contributed by atoms with Crippen molar-refractivity contribution in [1.82, 2.24) is 0 Å². The summed E-state index contributed by atoms with van der Waals surface area (Å²) in [4.78, 5) is 0. The van der Waals surface area contributed by atoms with Crippen LogP contribution in [0.25, 0.3) is 0 Å². The number of rotatable bonds is 7. The minimum absolute atomic E-state index is 0.139. The molecule has 2 aromatic carbocycles. The molecule has 0 bridgehead atoms. The van der Waals surface area contributed by atoms with Crippen LogP contribution in [0.15, 0.2) is 48.5 Å². The lowest BCUT2D eigenvalue weighted by molar-refractivity contribution is 0.141. The summed E-state index contributed by atoms with van der Waals surface area (Å²) in [7, 11) is 0. The molecule has 1 atom stereocenters. The average molecular weight is 324 g/mol. The van der Waals surface area contributed by atoms with Crippen LogP contribution in [-0.4, -0.2) is 31.2 Å². The Balaban J connectivity index is 1.59. The fourth-order valence-corrected chi connectivity index (χ4v) is 2.46. The number of ether oxygens (including phenoxy) is 3. The van der Waals surface area contributed by atoms with Gasteiger partial charge in [-0.25, -0.2) is 0 Å². The second kappa shape index (κ2) is 7.75. The van der Waals surface area contributed by atoms with Crippen LogP contribution >= 0.6 is 0 Å². The summed E-state index contributed by atoms with van der Waals surface area (Å²) >= 11 is 0. The topological polar surface area (TPSA) is 75.4 Å². The van der Waals surface area contributed by atoms with Crippen LogP contribution in [0.5, 0.6) is 17.2 Å². The molecule has 1 fully saturated rings. The fourth-order valence-electron chi connectivity index (χ4n) is 2.46. The predicted molar refractivity (Wildman–Crippen MR) is 93.0 cm³/mol. The van der Waals surface area contributed by atoms with Gasteiger partial charge in [-0.1, -0.05) is 0 Å². The van der Waals surface area contributed by atoms with Gasteiger partial charge in [0.1, 0.15) is 23.4 Å². The highest BCUT2D eigenvalue weighted by Crippen LogP contribution is 2.25. The maximum atomic E-state index is 7.82. The second-order valence-electron chi connectivity index (χ2n) is 5.59. The third-order valence-corrected chi connectivity index (χ3v) is 3.76. The molecule has 1 saturated heterocycles. The van der Waals surface area contributed by atoms with E-state index in [1.165, 1.54) is 6.21 Å². The highest BCUT2D eigenvalue weighted by atomic mass is 16.5. The van der Waals surface area contributed by atoms with Gasteiger partial charge in [-0.15, -0.1) is 0 Å². The van der Waals surface area contributed by atoms with Crippen molar-refractivity contribution >= 4 is 11.9 Å². The van der Waals surface area contributed by atoms with Gasteiger partial charge in [0.2, 0.25) is 0 Å². The Bertz CT molecular complexity index is 690. The van der Waals surface area contributed by atoms with E-state index in [1.54, 1.807) is 0 Å². The van der Waals surface area contributed by atoms with Gasteiger partial charge in [0.05, 0.1) is 13.2 Å². The molecular weight excluding hydrogens is 304 g/mol. The van der Waals surface area contributed by atoms with E-state index in [0.29, 0.717) is 24.5 Å². The van der Waals surface area contributed by atoms with E-state index in [1.807, 2.05) is 48.5 Å². The predicted octanol–water partition coefficient (Wildman–Crippen LogP) is 4.05. The average Bonchev–Trinajstić information content (AvgIpc) is 3.10. The summed E-state index contributed by atoms with van der Waals surface area (Å²) in [6, 6.07) is 14.8. The van der Waals surface area contributed by atoms with E-state index in [9.17, 15) is 0 Å². The SMILES string of the molecule is N=CCC(=N)c1ccc(Oc2ccc(OC3CCOC3)cc2)cc1. The molecule has 0 amide bonds. The van der Waals surface area contributed by atoms with Crippen LogP contribution in [0.4, 0.5) is 0 Å². The van der Waals surface area contributed by atoms with Crippen molar-refractivity contribution in [2.24, 2.45) is 0 Å². The fraction of sp³-hybridized carbons (Fsp3) is 0.263. The Kier molecular flexibility index (Phi) is 5.23. The van der Waals surface area contributed by atoms with E-state index >= 15 is 0 Å². The van der Waals surface area contributed by atoms with Gasteiger partial charge >= 0.3 is 0 Å². The van der Waals surface area contributed by atoms with Gasteiger partial charge in [-0.05, 0) is 54.1 Å². The van der Waals surface area contributed by atoms with E-state index in [4.69, 9.17) is 25.0 Å². The number of nitrogens with one attached hydrogen (secondary N) is 2. The zero-order valence-electron chi connectivity index (χ0n) is 13.3. The first kappa shape index (κ1) is 16.2. The van der Waals surface area contributed by atoms with Crippen molar-refractivity contribution in [2.45, 2.75) is 18.9 Å². The van der Waals surface area contributed by atoms with E-state index < -0.39 is 0 Å². The first-order valence-electron chi connectivity index (χ1n) is 7.94. The van der Waals surface area contributed by atoms with Crippen molar-refractivity contribution in [1.29, 1.82) is 10.8 Å². The Labute approximate surface area is 141 Å². The van der Waals surface area contributed by atoms with Crippen LogP contribution in [-0.2, 0) is 4.74 Å². The molecule has 5 nitrogen and oxygen atoms in total. The molecule has 0 saturated carbocycles. The van der Waals surface area contributed by atoms with Crippen LogP contribution < -0.4 is 9.47 Å². The third-order valence-electron chi connectivity index (χ3n) is 3.76. The molecule has 1 heterocycles. The number of hydrogen-bond donors (Lipinski definition) is 2. The van der Waals surface area contributed by atoms with Crippen molar-refractivity contribution in [3.8, 4) is 17.2 Å². The van der Waals surface area contributed by atoms with Gasteiger partial charge in [-0.3, -0.25) is 0 Å². The molecule has 124 valence electrons. The summed E-state index contributed by atoms with van der Waals surface area (Å²) < 4.78 is 16.9. The van der Waals surface area contributed by atoms with Gasteiger partial charge in [0.25, 0.3) is 0 Å². The minimum Gasteiger partial charge on any atom is -0.488 e. The second-order valence-corrected chi connectivity index (χ2v) is 5.59. The first-order chi connectivity index (χ1) is 11.7.